The standard InChI is InChI=1S/C52H78N8O8S2.10H2S/c1-33(53-7)45(61)55-37-23-27-69-41-29-51(3,4)43(59(41)49(37)65)47(63)57-39(35-19-13-11-14-20-35)31-67-25-17-9-10-18-26-68-32-40(36-21-15-12-16-22-36)58-48(64)44-52(5,6)30-42-60(44)50(66)38(24-28-70-42)56-46(62)34(2)54-8;;;;;;;;;;/h11-16,19-22,33-34,37-44,53-54H,9-10,17-18,23-32H2,1-8H3,(H,55,61)(H,56,62)(H,57,63)(H,58,64);10*1H2/t33-,34-,37-,38-,39+,40+,41-,42-,43+,44+;;;;;;;;;;/m0........../s1. The van der Waals surface area contributed by atoms with Gasteiger partial charge in [0, 0.05) is 13.2 Å². The molecule has 2 aromatic rings. The molecule has 4 saturated heterocycles. The number of nitrogens with one attached hydrogen (secondary N) is 6. The van der Waals surface area contributed by atoms with Crippen molar-refractivity contribution >= 4 is 194 Å². The first kappa shape index (κ1) is 88.1. The summed E-state index contributed by atoms with van der Waals surface area (Å²) in [4.78, 5) is 86.1. The van der Waals surface area contributed by atoms with E-state index in [0.717, 1.165) is 36.8 Å². The van der Waals surface area contributed by atoms with Crippen molar-refractivity contribution in [2.45, 2.75) is 152 Å². The third kappa shape index (κ3) is 23.5. The number of nitrogens with zero attached hydrogens (tertiary/aromatic N) is 2. The van der Waals surface area contributed by atoms with E-state index in [-0.39, 0.29) is 194 Å². The minimum Gasteiger partial charge on any atom is -0.379 e. The van der Waals surface area contributed by atoms with Crippen LogP contribution in [-0.2, 0) is 38.2 Å². The maximum absolute atomic E-state index is 14.4. The van der Waals surface area contributed by atoms with Crippen LogP contribution in [-0.4, -0.2) is 144 Å². The Hall–Kier alpha value is -0.700. The number of likely N-dealkylation sites (N-methyl/N-ethyl adjacent to an activating group) is 2. The molecule has 0 saturated carbocycles. The number of ether oxygens (including phenoxy) is 2. The number of fused-ring (bicyclic) bond motifs is 2. The van der Waals surface area contributed by atoms with E-state index in [1.807, 2.05) is 88.4 Å². The Bertz CT molecular complexity index is 1970. The van der Waals surface area contributed by atoms with Crippen molar-refractivity contribution in [3.8, 4) is 0 Å². The molecule has 0 radical (unpaired) electrons. The van der Waals surface area contributed by atoms with E-state index in [0.29, 0.717) is 50.4 Å². The summed E-state index contributed by atoms with van der Waals surface area (Å²) in [6, 6.07) is 14.9. The number of unbranched alkanes of at least 4 members (excludes halogenated alkanes) is 3. The minimum absolute atomic E-state index is 0. The normalized spacial score (nSPS) is 22.4. The summed E-state index contributed by atoms with van der Waals surface area (Å²) in [7, 11) is 3.41. The van der Waals surface area contributed by atoms with Gasteiger partial charge in [0.05, 0.1) is 48.1 Å². The first-order valence-electron chi connectivity index (χ1n) is 25.2. The number of carbonyl (C=O) groups excluding carboxylic acids is 6. The number of carbonyl (C=O) groups is 6. The molecule has 4 heterocycles. The maximum atomic E-state index is 14.4. The van der Waals surface area contributed by atoms with Crippen molar-refractivity contribution in [3.05, 3.63) is 71.8 Å². The number of benzene rings is 2. The van der Waals surface area contributed by atoms with E-state index >= 15 is 0 Å². The third-order valence-electron chi connectivity index (χ3n) is 14.3. The molecule has 16 nitrogen and oxygen atoms in total. The SMILES string of the molecule is CN[C@@H](C)C(=O)N[C@H]1CCS[C@H]2CC(C)(C)[C@@H](C(=O)N[C@H](COCCCCCCOC[C@@H](NC(=O)[C@H]3N4C(=O)[C@@H](NC(=O)[C@H](C)NC)CCS[C@H]4CC3(C)C)c3ccccc3)c3ccccc3)N2C1=O.S.S.S.S.S.S.S.S.S.S. The van der Waals surface area contributed by atoms with Gasteiger partial charge in [-0.15, -0.1) is 23.5 Å². The summed E-state index contributed by atoms with van der Waals surface area (Å²) in [5, 5.41) is 17.9. The summed E-state index contributed by atoms with van der Waals surface area (Å²) in [6.45, 7) is 13.2. The molecule has 4 fully saturated rings. The Kier molecular flexibility index (Phi) is 46.5. The zero-order valence-corrected chi connectivity index (χ0v) is 59.1. The van der Waals surface area contributed by atoms with E-state index in [1.54, 1.807) is 61.3 Å². The van der Waals surface area contributed by atoms with Crippen LogP contribution in [0.2, 0.25) is 0 Å². The number of thioether (sulfide) groups is 2. The topological polar surface area (TPSA) is 200 Å². The molecule has 10 atom stereocenters. The number of hydrogen-bond acceptors (Lipinski definition) is 12. The zero-order valence-electron chi connectivity index (χ0n) is 47.4. The van der Waals surface area contributed by atoms with Gasteiger partial charge in [-0.3, -0.25) is 28.8 Å². The number of amides is 6. The second-order valence-corrected chi connectivity index (χ2v) is 23.1. The quantitative estimate of drug-likeness (QED) is 0.0734. The summed E-state index contributed by atoms with van der Waals surface area (Å²) >= 11 is 3.34. The smallest absolute Gasteiger partial charge is 0.246 e. The Morgan fingerprint density at radius 2 is 0.875 bits per heavy atom. The second-order valence-electron chi connectivity index (χ2n) is 20.6. The number of hydrogen-bond donors (Lipinski definition) is 6. The predicted octanol–water partition coefficient (Wildman–Crippen LogP) is 5.79. The van der Waals surface area contributed by atoms with Crippen LogP contribution in [0.4, 0.5) is 0 Å². The predicted molar refractivity (Wildman–Crippen MR) is 379 cm³/mol. The molecule has 0 aliphatic carbocycles. The van der Waals surface area contributed by atoms with E-state index < -0.39 is 59.2 Å². The van der Waals surface area contributed by atoms with Gasteiger partial charge in [-0.1, -0.05) is 101 Å². The molecule has 4 aliphatic rings. The Morgan fingerprint density at radius 1 is 0.550 bits per heavy atom. The van der Waals surface area contributed by atoms with Gasteiger partial charge in [0.2, 0.25) is 35.4 Å². The fraction of sp³-hybridized carbons (Fsp3) is 0.654. The first-order valence-corrected chi connectivity index (χ1v) is 27.3. The molecule has 80 heavy (non-hydrogen) atoms. The molecule has 0 spiro atoms. The molecule has 4 aliphatic heterocycles. The molecule has 6 amide bonds. The van der Waals surface area contributed by atoms with Crippen molar-refractivity contribution in [2.24, 2.45) is 10.8 Å². The summed E-state index contributed by atoms with van der Waals surface area (Å²) in [5.41, 5.74) is 0.831. The molecule has 2 aromatic carbocycles. The Balaban J connectivity index is -0.00000187. The summed E-state index contributed by atoms with van der Waals surface area (Å²) in [6.07, 6.45) is 5.80. The lowest BCUT2D eigenvalue weighted by Crippen LogP contribution is -2.58. The van der Waals surface area contributed by atoms with E-state index in [9.17, 15) is 28.8 Å². The van der Waals surface area contributed by atoms with Gasteiger partial charge in [0.15, 0.2) is 0 Å². The van der Waals surface area contributed by atoms with Gasteiger partial charge < -0.3 is 51.2 Å². The van der Waals surface area contributed by atoms with Crippen molar-refractivity contribution in [1.29, 1.82) is 0 Å². The van der Waals surface area contributed by atoms with Crippen molar-refractivity contribution in [3.63, 3.8) is 0 Å². The highest BCUT2D eigenvalue weighted by Gasteiger charge is 2.56. The van der Waals surface area contributed by atoms with Gasteiger partial charge in [0.25, 0.3) is 0 Å². The molecule has 0 aromatic heterocycles. The van der Waals surface area contributed by atoms with Crippen molar-refractivity contribution in [1.82, 2.24) is 41.7 Å². The fourth-order valence-electron chi connectivity index (χ4n) is 10.0. The molecule has 6 rings (SSSR count). The minimum atomic E-state index is -0.720. The Labute approximate surface area is 555 Å². The van der Waals surface area contributed by atoms with Crippen LogP contribution in [0.1, 0.15) is 116 Å². The Morgan fingerprint density at radius 3 is 1.19 bits per heavy atom. The van der Waals surface area contributed by atoms with Crippen LogP contribution in [0.15, 0.2) is 60.7 Å². The third-order valence-corrected chi connectivity index (χ3v) is 16.8. The van der Waals surface area contributed by atoms with Crippen LogP contribution in [0.5, 0.6) is 0 Å². The molecule has 0 unspecified atom stereocenters. The molecular weight excluding hydrogens is 1250 g/mol. The molecule has 0 bridgehead atoms. The van der Waals surface area contributed by atoms with Gasteiger partial charge in [-0.2, -0.15) is 135 Å². The highest BCUT2D eigenvalue weighted by molar-refractivity contribution is 8.00. The largest absolute Gasteiger partial charge is 0.379 e. The van der Waals surface area contributed by atoms with Crippen molar-refractivity contribution in [2.75, 3.05) is 52.0 Å². The van der Waals surface area contributed by atoms with Gasteiger partial charge in [0.1, 0.15) is 24.2 Å². The lowest BCUT2D eigenvalue weighted by atomic mass is 9.83. The summed E-state index contributed by atoms with van der Waals surface area (Å²) in [5.74, 6) is -0.00348. The molecule has 6 N–H and O–H groups in total. The van der Waals surface area contributed by atoms with E-state index in [4.69, 9.17) is 9.47 Å². The summed E-state index contributed by atoms with van der Waals surface area (Å²) < 4.78 is 12.4. The zero-order chi connectivity index (χ0) is 50.6. The molecule has 28 heteroatoms. The van der Waals surface area contributed by atoms with Crippen LogP contribution >= 0.6 is 158 Å². The maximum Gasteiger partial charge on any atom is 0.246 e. The molecule has 466 valence electrons. The first-order chi connectivity index (χ1) is 33.5. The van der Waals surface area contributed by atoms with E-state index in [2.05, 4.69) is 31.9 Å². The van der Waals surface area contributed by atoms with Crippen LogP contribution < -0.4 is 31.9 Å². The monoisotopic (exact) mass is 1350 g/mol. The fourth-order valence-corrected chi connectivity index (χ4v) is 13.2. The van der Waals surface area contributed by atoms with Crippen molar-refractivity contribution < 1.29 is 38.2 Å². The average molecular weight is 1350 g/mol. The van der Waals surface area contributed by atoms with Gasteiger partial charge >= 0.3 is 0 Å². The van der Waals surface area contributed by atoms with Crippen LogP contribution in [0.3, 0.4) is 0 Å². The van der Waals surface area contributed by atoms with Gasteiger partial charge in [-0.05, 0) is 99.9 Å². The van der Waals surface area contributed by atoms with Crippen LogP contribution in [0, 0.1) is 10.8 Å². The van der Waals surface area contributed by atoms with Gasteiger partial charge in [-0.25, -0.2) is 0 Å². The second kappa shape index (κ2) is 42.2. The lowest BCUT2D eigenvalue weighted by Gasteiger charge is -2.35. The molecular formula is C52H98N8O8S12. The highest BCUT2D eigenvalue weighted by atomic mass is 32.2. The van der Waals surface area contributed by atoms with E-state index in [1.165, 1.54) is 0 Å². The number of rotatable bonds is 23. The highest BCUT2D eigenvalue weighted by Crippen LogP contribution is 2.48. The lowest BCUT2D eigenvalue weighted by molar-refractivity contribution is -0.144. The average Bonchev–Trinajstić information content (AvgIpc) is 3.66. The van der Waals surface area contributed by atoms with Crippen LogP contribution in [0.25, 0.3) is 0 Å².